The number of aromatic amines is 1. The number of nitrogens with one attached hydrogen (secondary N) is 1. The van der Waals surface area contributed by atoms with Gasteiger partial charge in [-0.25, -0.2) is 4.98 Å². The molecule has 0 aliphatic heterocycles. The van der Waals surface area contributed by atoms with Gasteiger partial charge in [0.2, 0.25) is 5.28 Å². The molecule has 2 aromatic rings. The molecule has 6 heteroatoms. The molecular weight excluding hydrogens is 192 g/mol. The zero-order valence-corrected chi connectivity index (χ0v) is 7.58. The van der Waals surface area contributed by atoms with Gasteiger partial charge < -0.3 is 5.11 Å². The molecule has 13 heavy (non-hydrogen) atoms. The maximum atomic E-state index is 9.37. The lowest BCUT2D eigenvalue weighted by Crippen LogP contribution is -1.98. The molecule has 1 atom stereocenters. The Hall–Kier alpha value is -1.20. The first-order valence-corrected chi connectivity index (χ1v) is 4.11. The van der Waals surface area contributed by atoms with Gasteiger partial charge >= 0.3 is 0 Å². The summed E-state index contributed by atoms with van der Waals surface area (Å²) in [6.07, 6.45) is 0.883. The van der Waals surface area contributed by atoms with Crippen molar-refractivity contribution in [1.29, 1.82) is 0 Å². The number of aliphatic hydroxyl groups excluding tert-OH is 1. The lowest BCUT2D eigenvalue weighted by Gasteiger charge is -2.03. The van der Waals surface area contributed by atoms with Crippen molar-refractivity contribution in [2.75, 3.05) is 0 Å². The van der Waals surface area contributed by atoms with E-state index >= 15 is 0 Å². The lowest BCUT2D eigenvalue weighted by atomic mass is 10.2. The number of halogens is 1. The fraction of sp³-hybridized carbons (Fsp3) is 0.286. The highest BCUT2D eigenvalue weighted by Crippen LogP contribution is 2.20. The highest BCUT2D eigenvalue weighted by atomic mass is 35.5. The summed E-state index contributed by atoms with van der Waals surface area (Å²) in [5.41, 5.74) is 1.03. The van der Waals surface area contributed by atoms with E-state index in [4.69, 9.17) is 11.6 Å². The van der Waals surface area contributed by atoms with E-state index in [0.29, 0.717) is 16.7 Å². The number of fused-ring (bicyclic) bond motifs is 1. The Morgan fingerprint density at radius 3 is 3.00 bits per heavy atom. The van der Waals surface area contributed by atoms with Gasteiger partial charge in [-0.2, -0.15) is 10.1 Å². The molecule has 0 bridgehead atoms. The van der Waals surface area contributed by atoms with Crippen molar-refractivity contribution in [3.05, 3.63) is 17.2 Å². The van der Waals surface area contributed by atoms with Gasteiger partial charge in [-0.15, -0.1) is 0 Å². The van der Waals surface area contributed by atoms with E-state index < -0.39 is 6.10 Å². The van der Waals surface area contributed by atoms with Crippen LogP contribution in [0, 0.1) is 0 Å². The van der Waals surface area contributed by atoms with Crippen LogP contribution in [0.15, 0.2) is 6.20 Å². The first-order chi connectivity index (χ1) is 6.18. The van der Waals surface area contributed by atoms with E-state index in [-0.39, 0.29) is 5.28 Å². The van der Waals surface area contributed by atoms with Crippen molar-refractivity contribution in [1.82, 2.24) is 20.2 Å². The van der Waals surface area contributed by atoms with Gasteiger partial charge in [0.1, 0.15) is 0 Å². The van der Waals surface area contributed by atoms with Gasteiger partial charge in [0.15, 0.2) is 5.65 Å². The Morgan fingerprint density at radius 2 is 2.31 bits per heavy atom. The highest BCUT2D eigenvalue weighted by molar-refractivity contribution is 6.28. The molecule has 2 N–H and O–H groups in total. The summed E-state index contributed by atoms with van der Waals surface area (Å²) < 4.78 is 0. The van der Waals surface area contributed by atoms with Gasteiger partial charge in [0.05, 0.1) is 23.4 Å². The SMILES string of the molecule is CC(O)c1nc(Cl)nc2[nH]ncc12. The third-order valence-corrected chi connectivity index (χ3v) is 1.88. The quantitative estimate of drug-likeness (QED) is 0.672. The summed E-state index contributed by atoms with van der Waals surface area (Å²) in [5, 5.41) is 16.6. The monoisotopic (exact) mass is 198 g/mol. The Kier molecular flexibility index (Phi) is 1.90. The van der Waals surface area contributed by atoms with Crippen LogP contribution in [-0.2, 0) is 0 Å². The number of aliphatic hydroxyl groups is 1. The molecular formula is C7H7ClN4O. The van der Waals surface area contributed by atoms with Gasteiger partial charge in [-0.05, 0) is 18.5 Å². The van der Waals surface area contributed by atoms with E-state index in [1.165, 1.54) is 0 Å². The molecule has 0 saturated carbocycles. The van der Waals surface area contributed by atoms with Crippen molar-refractivity contribution in [2.45, 2.75) is 13.0 Å². The zero-order chi connectivity index (χ0) is 9.42. The summed E-state index contributed by atoms with van der Waals surface area (Å²) in [6, 6.07) is 0. The minimum absolute atomic E-state index is 0.104. The van der Waals surface area contributed by atoms with Gasteiger partial charge in [0.25, 0.3) is 0 Å². The maximum absolute atomic E-state index is 9.37. The second-order valence-corrected chi connectivity index (χ2v) is 3.02. The second-order valence-electron chi connectivity index (χ2n) is 2.69. The van der Waals surface area contributed by atoms with Crippen molar-refractivity contribution >= 4 is 22.6 Å². The number of aromatic nitrogens is 4. The van der Waals surface area contributed by atoms with Crippen LogP contribution in [0.1, 0.15) is 18.7 Å². The summed E-state index contributed by atoms with van der Waals surface area (Å²) in [4.78, 5) is 7.82. The van der Waals surface area contributed by atoms with E-state index in [9.17, 15) is 5.11 Å². The summed E-state index contributed by atoms with van der Waals surface area (Å²) in [6.45, 7) is 1.62. The molecule has 0 aliphatic rings. The van der Waals surface area contributed by atoms with E-state index in [1.54, 1.807) is 13.1 Å². The van der Waals surface area contributed by atoms with Gasteiger partial charge in [0, 0.05) is 0 Å². The lowest BCUT2D eigenvalue weighted by molar-refractivity contribution is 0.196. The Morgan fingerprint density at radius 1 is 1.54 bits per heavy atom. The average molecular weight is 199 g/mol. The van der Waals surface area contributed by atoms with Crippen molar-refractivity contribution in [3.63, 3.8) is 0 Å². The standard InChI is InChI=1S/C7H7ClN4O/c1-3(13)5-4-2-9-12-6(4)11-7(8)10-5/h2-3,13H,1H3,(H,9,10,11,12). The van der Waals surface area contributed by atoms with Crippen LogP contribution >= 0.6 is 11.6 Å². The smallest absolute Gasteiger partial charge is 0.224 e. The molecule has 68 valence electrons. The molecule has 5 nitrogen and oxygen atoms in total. The molecule has 0 fully saturated rings. The summed E-state index contributed by atoms with van der Waals surface area (Å²) in [5.74, 6) is 0. The fourth-order valence-corrected chi connectivity index (χ4v) is 1.32. The molecule has 0 aliphatic carbocycles. The fourth-order valence-electron chi connectivity index (χ4n) is 1.15. The topological polar surface area (TPSA) is 74.7 Å². The van der Waals surface area contributed by atoms with Gasteiger partial charge in [-0.3, -0.25) is 5.10 Å². The number of H-pyrrole nitrogens is 1. The number of hydrogen-bond acceptors (Lipinski definition) is 4. The molecule has 1 unspecified atom stereocenters. The Labute approximate surface area is 78.8 Å². The third-order valence-electron chi connectivity index (χ3n) is 1.71. The third kappa shape index (κ3) is 1.36. The Balaban J connectivity index is 2.77. The summed E-state index contributed by atoms with van der Waals surface area (Å²) >= 11 is 5.64. The molecule has 0 saturated heterocycles. The predicted molar refractivity (Wildman–Crippen MR) is 47.3 cm³/mol. The Bertz CT molecular complexity index is 439. The minimum Gasteiger partial charge on any atom is -0.387 e. The first-order valence-electron chi connectivity index (χ1n) is 3.73. The predicted octanol–water partition coefficient (Wildman–Crippen LogP) is 1.06. The largest absolute Gasteiger partial charge is 0.387 e. The van der Waals surface area contributed by atoms with Crippen LogP contribution < -0.4 is 0 Å². The molecule has 0 spiro atoms. The van der Waals surface area contributed by atoms with Crippen LogP contribution in [0.5, 0.6) is 0 Å². The minimum atomic E-state index is -0.680. The zero-order valence-electron chi connectivity index (χ0n) is 6.82. The van der Waals surface area contributed by atoms with Crippen LogP contribution in [0.4, 0.5) is 0 Å². The number of rotatable bonds is 1. The molecule has 2 heterocycles. The first kappa shape index (κ1) is 8.40. The van der Waals surface area contributed by atoms with Crippen LogP contribution in [0.25, 0.3) is 11.0 Å². The van der Waals surface area contributed by atoms with Gasteiger partial charge in [-0.1, -0.05) is 0 Å². The molecule has 0 radical (unpaired) electrons. The van der Waals surface area contributed by atoms with Crippen LogP contribution in [0.3, 0.4) is 0 Å². The highest BCUT2D eigenvalue weighted by Gasteiger charge is 2.11. The second kappa shape index (κ2) is 2.93. The molecule has 2 rings (SSSR count). The van der Waals surface area contributed by atoms with Crippen molar-refractivity contribution < 1.29 is 5.11 Å². The van der Waals surface area contributed by atoms with E-state index in [1.807, 2.05) is 0 Å². The van der Waals surface area contributed by atoms with Crippen molar-refractivity contribution in [3.8, 4) is 0 Å². The number of nitrogens with zero attached hydrogens (tertiary/aromatic N) is 3. The molecule has 2 aromatic heterocycles. The average Bonchev–Trinajstić information content (AvgIpc) is 2.49. The van der Waals surface area contributed by atoms with Crippen molar-refractivity contribution in [2.24, 2.45) is 0 Å². The number of hydrogen-bond donors (Lipinski definition) is 2. The van der Waals surface area contributed by atoms with Crippen LogP contribution in [-0.4, -0.2) is 25.3 Å². The summed E-state index contributed by atoms with van der Waals surface area (Å²) in [7, 11) is 0. The molecule has 0 aromatic carbocycles. The van der Waals surface area contributed by atoms with Crippen LogP contribution in [0.2, 0.25) is 5.28 Å². The molecule has 0 amide bonds. The maximum Gasteiger partial charge on any atom is 0.224 e. The van der Waals surface area contributed by atoms with E-state index in [0.717, 1.165) is 0 Å². The normalized spacial score (nSPS) is 13.5. The van der Waals surface area contributed by atoms with E-state index in [2.05, 4.69) is 20.2 Å².